The first-order valence-corrected chi connectivity index (χ1v) is 9.34. The number of halogens is 1. The summed E-state index contributed by atoms with van der Waals surface area (Å²) in [5.74, 6) is -0.0454. The topological polar surface area (TPSA) is 45.2 Å². The number of anilines is 2. The Kier molecular flexibility index (Phi) is 4.82. The summed E-state index contributed by atoms with van der Waals surface area (Å²) in [5, 5.41) is 4.04. The van der Waals surface area contributed by atoms with Gasteiger partial charge >= 0.3 is 0 Å². The third-order valence-corrected chi connectivity index (χ3v) is 5.35. The number of carbonyl (C=O) groups excluding carboxylic acids is 1. The Hall–Kier alpha value is -2.85. The number of benzene rings is 2. The van der Waals surface area contributed by atoms with Crippen LogP contribution in [0.1, 0.15) is 27.2 Å². The molecule has 1 aromatic heterocycles. The largest absolute Gasteiger partial charge is 0.355 e. The normalized spacial score (nSPS) is 13.2. The summed E-state index contributed by atoms with van der Waals surface area (Å²) in [7, 11) is 0. The molecule has 0 atom stereocenters. The van der Waals surface area contributed by atoms with E-state index >= 15 is 0 Å². The van der Waals surface area contributed by atoms with Crippen LogP contribution in [0.5, 0.6) is 0 Å². The van der Waals surface area contributed by atoms with Gasteiger partial charge in [0.1, 0.15) is 5.69 Å². The zero-order chi connectivity index (χ0) is 18.8. The molecule has 0 fully saturated rings. The van der Waals surface area contributed by atoms with E-state index in [0.717, 1.165) is 23.4 Å². The number of amides is 1. The molecule has 27 heavy (non-hydrogen) atoms. The molecule has 1 aliphatic heterocycles. The first-order chi connectivity index (χ1) is 13.1. The fourth-order valence-corrected chi connectivity index (χ4v) is 3.53. The zero-order valence-electron chi connectivity index (χ0n) is 15.1. The Morgan fingerprint density at radius 1 is 1.11 bits per heavy atom. The van der Waals surface area contributed by atoms with Crippen molar-refractivity contribution in [1.82, 2.24) is 9.88 Å². The van der Waals surface area contributed by atoms with Crippen LogP contribution in [0.15, 0.2) is 60.8 Å². The van der Waals surface area contributed by atoms with Crippen molar-refractivity contribution < 1.29 is 4.79 Å². The number of nitrogens with one attached hydrogen (secondary N) is 1. The lowest BCUT2D eigenvalue weighted by atomic mass is 10.00. The lowest BCUT2D eigenvalue weighted by Gasteiger charge is -2.28. The third-order valence-electron chi connectivity index (χ3n) is 4.94. The predicted octanol–water partition coefficient (Wildman–Crippen LogP) is 4.99. The van der Waals surface area contributed by atoms with Gasteiger partial charge in [0, 0.05) is 35.7 Å². The van der Waals surface area contributed by atoms with Crippen LogP contribution < -0.4 is 5.32 Å². The maximum Gasteiger partial charge on any atom is 0.272 e. The minimum absolute atomic E-state index is 0.0454. The molecular weight excluding hydrogens is 358 g/mol. The van der Waals surface area contributed by atoms with Gasteiger partial charge in [0.25, 0.3) is 5.91 Å². The molecule has 0 radical (unpaired) electrons. The van der Waals surface area contributed by atoms with Crippen LogP contribution in [-0.2, 0) is 13.0 Å². The molecule has 0 saturated heterocycles. The molecule has 0 spiro atoms. The number of rotatable bonds is 3. The van der Waals surface area contributed by atoms with Gasteiger partial charge in [-0.1, -0.05) is 41.9 Å². The summed E-state index contributed by atoms with van der Waals surface area (Å²) < 4.78 is 0. The van der Waals surface area contributed by atoms with E-state index in [2.05, 4.69) is 22.4 Å². The van der Waals surface area contributed by atoms with Gasteiger partial charge in [-0.3, -0.25) is 9.78 Å². The highest BCUT2D eigenvalue weighted by molar-refractivity contribution is 6.31. The van der Waals surface area contributed by atoms with Crippen molar-refractivity contribution >= 4 is 28.9 Å². The van der Waals surface area contributed by atoms with Crippen molar-refractivity contribution in [3.8, 4) is 0 Å². The molecular formula is C22H20ClN3O. The van der Waals surface area contributed by atoms with Crippen LogP contribution in [0.4, 0.5) is 11.4 Å². The molecule has 2 heterocycles. The molecule has 4 nitrogen and oxygen atoms in total. The van der Waals surface area contributed by atoms with Gasteiger partial charge < -0.3 is 10.2 Å². The lowest BCUT2D eigenvalue weighted by molar-refractivity contribution is 0.0729. The number of fused-ring (bicyclic) bond motifs is 1. The minimum Gasteiger partial charge on any atom is -0.355 e. The van der Waals surface area contributed by atoms with Crippen LogP contribution in [0, 0.1) is 6.92 Å². The van der Waals surface area contributed by atoms with Crippen molar-refractivity contribution in [3.63, 3.8) is 0 Å². The highest BCUT2D eigenvalue weighted by atomic mass is 35.5. The maximum atomic E-state index is 12.9. The van der Waals surface area contributed by atoms with E-state index in [1.54, 1.807) is 12.3 Å². The van der Waals surface area contributed by atoms with Crippen LogP contribution in [0.3, 0.4) is 0 Å². The van der Waals surface area contributed by atoms with Gasteiger partial charge in [-0.15, -0.1) is 0 Å². The molecule has 5 heteroatoms. The highest BCUT2D eigenvalue weighted by Crippen LogP contribution is 2.26. The number of nitrogens with zero attached hydrogens (tertiary/aromatic N) is 2. The molecule has 1 N–H and O–H groups in total. The molecule has 0 aliphatic carbocycles. The summed E-state index contributed by atoms with van der Waals surface area (Å²) in [6, 6.07) is 17.6. The maximum absolute atomic E-state index is 12.9. The Labute approximate surface area is 163 Å². The molecule has 3 aromatic rings. The van der Waals surface area contributed by atoms with E-state index in [1.807, 2.05) is 48.2 Å². The number of aromatic nitrogens is 1. The standard InChI is InChI=1S/C22H20ClN3O/c1-15-19(23)7-4-8-20(15)25-18-9-11-24-21(13-18)22(27)26-12-10-16-5-2-3-6-17(16)14-26/h2-9,11,13H,10,12,14H2,1H3,(H,24,25). The number of carbonyl (C=O) groups is 1. The van der Waals surface area contributed by atoms with Gasteiger partial charge in [-0.2, -0.15) is 0 Å². The smallest absolute Gasteiger partial charge is 0.272 e. The first-order valence-electron chi connectivity index (χ1n) is 8.96. The average Bonchev–Trinajstić information content (AvgIpc) is 2.71. The SMILES string of the molecule is Cc1c(Cl)cccc1Nc1ccnc(C(=O)N2CCc3ccccc3C2)c1. The highest BCUT2D eigenvalue weighted by Gasteiger charge is 2.22. The second-order valence-electron chi connectivity index (χ2n) is 6.71. The van der Waals surface area contributed by atoms with Crippen molar-refractivity contribution in [2.24, 2.45) is 0 Å². The monoisotopic (exact) mass is 377 g/mol. The average molecular weight is 378 g/mol. The van der Waals surface area contributed by atoms with Crippen LogP contribution in [0.2, 0.25) is 5.02 Å². The van der Waals surface area contributed by atoms with Gasteiger partial charge in [-0.05, 0) is 54.3 Å². The molecule has 1 amide bonds. The lowest BCUT2D eigenvalue weighted by Crippen LogP contribution is -2.36. The van der Waals surface area contributed by atoms with E-state index in [9.17, 15) is 4.79 Å². The van der Waals surface area contributed by atoms with Crippen molar-refractivity contribution in [1.29, 1.82) is 0 Å². The quantitative estimate of drug-likeness (QED) is 0.699. The van der Waals surface area contributed by atoms with E-state index in [1.165, 1.54) is 11.1 Å². The molecule has 0 saturated carbocycles. The number of hydrogen-bond acceptors (Lipinski definition) is 3. The fraction of sp³-hybridized carbons (Fsp3) is 0.182. The van der Waals surface area contributed by atoms with Crippen LogP contribution >= 0.6 is 11.6 Å². The molecule has 1 aliphatic rings. The van der Waals surface area contributed by atoms with Crippen LogP contribution in [0.25, 0.3) is 0 Å². The summed E-state index contributed by atoms with van der Waals surface area (Å²) in [4.78, 5) is 19.1. The van der Waals surface area contributed by atoms with Gasteiger partial charge in [0.15, 0.2) is 0 Å². The summed E-state index contributed by atoms with van der Waals surface area (Å²) in [5.41, 5.74) is 5.67. The van der Waals surface area contributed by atoms with Gasteiger partial charge in [-0.25, -0.2) is 0 Å². The fourth-order valence-electron chi connectivity index (χ4n) is 3.35. The minimum atomic E-state index is -0.0454. The molecule has 136 valence electrons. The molecule has 0 bridgehead atoms. The molecule has 0 unspecified atom stereocenters. The van der Waals surface area contributed by atoms with E-state index in [4.69, 9.17) is 11.6 Å². The first kappa shape index (κ1) is 17.6. The summed E-state index contributed by atoms with van der Waals surface area (Å²) in [6.45, 7) is 3.30. The van der Waals surface area contributed by atoms with Crippen molar-refractivity contribution in [2.75, 3.05) is 11.9 Å². The summed E-state index contributed by atoms with van der Waals surface area (Å²) >= 11 is 6.19. The number of hydrogen-bond donors (Lipinski definition) is 1. The van der Waals surface area contributed by atoms with Crippen LogP contribution in [-0.4, -0.2) is 22.3 Å². The second-order valence-corrected chi connectivity index (χ2v) is 7.12. The van der Waals surface area contributed by atoms with Gasteiger partial charge in [0.2, 0.25) is 0 Å². The molecule has 2 aromatic carbocycles. The van der Waals surface area contributed by atoms with E-state index in [-0.39, 0.29) is 5.91 Å². The van der Waals surface area contributed by atoms with Gasteiger partial charge in [0.05, 0.1) is 0 Å². The predicted molar refractivity (Wildman–Crippen MR) is 109 cm³/mol. The second kappa shape index (κ2) is 7.41. The Morgan fingerprint density at radius 2 is 1.93 bits per heavy atom. The Balaban J connectivity index is 1.54. The number of pyridine rings is 1. The zero-order valence-corrected chi connectivity index (χ0v) is 15.8. The Morgan fingerprint density at radius 3 is 2.78 bits per heavy atom. The van der Waals surface area contributed by atoms with Crippen molar-refractivity contribution in [3.05, 3.63) is 88.2 Å². The Bertz CT molecular complexity index is 1000. The van der Waals surface area contributed by atoms with E-state index in [0.29, 0.717) is 23.8 Å². The third kappa shape index (κ3) is 3.67. The van der Waals surface area contributed by atoms with Crippen molar-refractivity contribution in [2.45, 2.75) is 19.9 Å². The van der Waals surface area contributed by atoms with E-state index < -0.39 is 0 Å². The molecule has 4 rings (SSSR count). The summed E-state index contributed by atoms with van der Waals surface area (Å²) in [6.07, 6.45) is 2.54.